The molecule has 2 heteroatoms. The summed E-state index contributed by atoms with van der Waals surface area (Å²) in [6, 6.07) is 0. The van der Waals surface area contributed by atoms with Crippen LogP contribution in [0, 0.1) is 0 Å². The zero-order valence-electron chi connectivity index (χ0n) is 4.89. The van der Waals surface area contributed by atoms with Crippen molar-refractivity contribution in [2.45, 2.75) is 22.8 Å². The fourth-order valence-electron chi connectivity index (χ4n) is 0. The molecule has 0 aliphatic rings. The number of rotatable bonds is 0. The van der Waals surface area contributed by atoms with E-state index in [4.69, 9.17) is 0 Å². The second-order valence-corrected chi connectivity index (χ2v) is 13.9. The molecule has 0 atom stereocenters. The monoisotopic (exact) mass is 152 g/mol. The summed E-state index contributed by atoms with van der Waals surface area (Å²) in [5.74, 6) is 0. The van der Waals surface area contributed by atoms with Gasteiger partial charge in [0.2, 0.25) is 0 Å². The molecule has 0 saturated heterocycles. The molecule has 6 heavy (non-hydrogen) atoms. The van der Waals surface area contributed by atoms with E-state index in [2.05, 4.69) is 22.8 Å². The first-order valence-electron chi connectivity index (χ1n) is 1.79. The van der Waals surface area contributed by atoms with Gasteiger partial charge in [0.25, 0.3) is 0 Å². The van der Waals surface area contributed by atoms with Crippen molar-refractivity contribution in [1.29, 1.82) is 0 Å². The molecule has 0 unspecified atom stereocenters. The van der Waals surface area contributed by atoms with Gasteiger partial charge in [-0.3, -0.25) is 0 Å². The summed E-state index contributed by atoms with van der Waals surface area (Å²) < 4.78 is 0. The standard InChI is InChI=1S/C4H12As.H2O/c1-5(2,3)4;/h1-4H3;1H2/q+1;/p-1. The zero-order chi connectivity index (χ0) is 4.50. The Kier molecular flexibility index (Phi) is 4.30. The van der Waals surface area contributed by atoms with Crippen LogP contribution in [-0.4, -0.2) is 19.0 Å². The summed E-state index contributed by atoms with van der Waals surface area (Å²) in [7, 11) is 0. The molecular weight excluding hydrogens is 139 g/mol. The summed E-state index contributed by atoms with van der Waals surface area (Å²) in [5.41, 5.74) is 9.44. The van der Waals surface area contributed by atoms with Crippen molar-refractivity contribution < 1.29 is 5.48 Å². The molecule has 0 bridgehead atoms. The minimum atomic E-state index is -0.875. The quantitative estimate of drug-likeness (QED) is 0.486. The van der Waals surface area contributed by atoms with Crippen LogP contribution in [0.4, 0.5) is 0 Å². The molecule has 0 aromatic rings. The van der Waals surface area contributed by atoms with Crippen molar-refractivity contribution in [2.75, 3.05) is 0 Å². The Bertz CT molecular complexity index is 23.0. The van der Waals surface area contributed by atoms with Crippen LogP contribution in [0.1, 0.15) is 0 Å². The molecule has 1 nitrogen and oxygen atoms in total. The Morgan fingerprint density at radius 3 is 0.833 bits per heavy atom. The first kappa shape index (κ1) is 9.72. The van der Waals surface area contributed by atoms with Crippen LogP contribution in [0.2, 0.25) is 22.8 Å². The van der Waals surface area contributed by atoms with Gasteiger partial charge in [-0.15, -0.1) is 0 Å². The summed E-state index contributed by atoms with van der Waals surface area (Å²) in [5, 5.41) is 0. The van der Waals surface area contributed by atoms with E-state index in [9.17, 15) is 0 Å². The van der Waals surface area contributed by atoms with Crippen molar-refractivity contribution in [3.05, 3.63) is 0 Å². The third-order valence-electron chi connectivity index (χ3n) is 0. The predicted octanol–water partition coefficient (Wildman–Crippen LogP) is 1.78. The van der Waals surface area contributed by atoms with Crippen LogP contribution in [0.25, 0.3) is 0 Å². The summed E-state index contributed by atoms with van der Waals surface area (Å²) in [6.45, 7) is 0. The van der Waals surface area contributed by atoms with E-state index in [0.717, 1.165) is 0 Å². The summed E-state index contributed by atoms with van der Waals surface area (Å²) in [6.07, 6.45) is 0. The van der Waals surface area contributed by atoms with Crippen molar-refractivity contribution in [3.63, 3.8) is 0 Å². The first-order chi connectivity index (χ1) is 2.00. The topological polar surface area (TPSA) is 30.0 Å². The normalized spacial score (nSPS) is 10.0. The molecule has 0 amide bonds. The number of hydrogen-bond acceptors (Lipinski definition) is 1. The third kappa shape index (κ3) is 208. The third-order valence-corrected chi connectivity index (χ3v) is 0. The summed E-state index contributed by atoms with van der Waals surface area (Å²) >= 11 is -0.875. The van der Waals surface area contributed by atoms with Crippen molar-refractivity contribution in [2.24, 2.45) is 0 Å². The van der Waals surface area contributed by atoms with E-state index in [0.29, 0.717) is 0 Å². The van der Waals surface area contributed by atoms with Gasteiger partial charge in [0.15, 0.2) is 0 Å². The van der Waals surface area contributed by atoms with Crippen LogP contribution in [-0.2, 0) is 0 Å². The molecule has 40 valence electrons. The average Bonchev–Trinajstić information content (AvgIpc) is 0.722. The molecule has 0 aliphatic heterocycles. The van der Waals surface area contributed by atoms with Gasteiger partial charge in [0.1, 0.15) is 0 Å². The Hall–Kier alpha value is 0.518. The van der Waals surface area contributed by atoms with Crippen molar-refractivity contribution >= 4 is 13.6 Å². The van der Waals surface area contributed by atoms with Gasteiger partial charge in [-0.1, -0.05) is 0 Å². The Balaban J connectivity index is 0. The molecule has 0 aliphatic carbocycles. The van der Waals surface area contributed by atoms with E-state index in [1.165, 1.54) is 0 Å². The van der Waals surface area contributed by atoms with Gasteiger partial charge in [0, 0.05) is 0 Å². The molecule has 0 rings (SSSR count). The van der Waals surface area contributed by atoms with Gasteiger partial charge in [-0.2, -0.15) is 0 Å². The van der Waals surface area contributed by atoms with E-state index in [1.54, 1.807) is 0 Å². The molecule has 0 radical (unpaired) electrons. The number of hydrogen-bond donors (Lipinski definition) is 0. The van der Waals surface area contributed by atoms with Gasteiger partial charge in [-0.05, 0) is 0 Å². The maximum absolute atomic E-state index is 2.36. The van der Waals surface area contributed by atoms with Crippen LogP contribution in [0.3, 0.4) is 0 Å². The van der Waals surface area contributed by atoms with Crippen LogP contribution < -0.4 is 0 Å². The zero-order valence-corrected chi connectivity index (χ0v) is 6.77. The van der Waals surface area contributed by atoms with Gasteiger partial charge in [0.05, 0.1) is 0 Å². The van der Waals surface area contributed by atoms with E-state index in [-0.39, 0.29) is 5.48 Å². The van der Waals surface area contributed by atoms with Gasteiger partial charge < -0.3 is 5.48 Å². The smallest absolute Gasteiger partial charge is 0.870 e. The molecule has 0 saturated carbocycles. The maximum atomic E-state index is 2.36. The average molecular weight is 152 g/mol. The fourth-order valence-corrected chi connectivity index (χ4v) is 0. The molecule has 0 aromatic carbocycles. The van der Waals surface area contributed by atoms with Gasteiger partial charge in [-0.25, -0.2) is 0 Å². The first-order valence-corrected chi connectivity index (χ1v) is 9.30. The van der Waals surface area contributed by atoms with Crippen molar-refractivity contribution in [1.82, 2.24) is 0 Å². The predicted molar refractivity (Wildman–Crippen MR) is 31.1 cm³/mol. The fraction of sp³-hybridized carbons (Fsp3) is 1.00. The molecule has 0 fully saturated rings. The van der Waals surface area contributed by atoms with Crippen LogP contribution in [0.5, 0.6) is 0 Å². The molecule has 0 aromatic heterocycles. The SMILES string of the molecule is C[As+](C)(C)C.[OH-]. The van der Waals surface area contributed by atoms with Gasteiger partial charge >= 0.3 is 36.4 Å². The van der Waals surface area contributed by atoms with E-state index in [1.807, 2.05) is 0 Å². The molecule has 0 heterocycles. The molecular formula is C4H13AsO. The molecule has 1 N–H and O–H groups in total. The Morgan fingerprint density at radius 1 is 0.833 bits per heavy atom. The van der Waals surface area contributed by atoms with E-state index >= 15 is 0 Å². The largest absolute Gasteiger partial charge is 0.870 e. The van der Waals surface area contributed by atoms with Crippen LogP contribution in [0.15, 0.2) is 0 Å². The Labute approximate surface area is 42.5 Å². The van der Waals surface area contributed by atoms with Crippen LogP contribution >= 0.6 is 0 Å². The minimum absolute atomic E-state index is 0. The van der Waals surface area contributed by atoms with Crippen molar-refractivity contribution in [3.8, 4) is 0 Å². The van der Waals surface area contributed by atoms with E-state index < -0.39 is 13.6 Å². The summed E-state index contributed by atoms with van der Waals surface area (Å²) in [4.78, 5) is 0. The maximum Gasteiger partial charge on any atom is -0.870 e. The molecule has 0 spiro atoms. The second-order valence-electron chi connectivity index (χ2n) is 2.68. The second kappa shape index (κ2) is 2.65. The Morgan fingerprint density at radius 2 is 0.833 bits per heavy atom. The minimum Gasteiger partial charge on any atom is -0.870 e.